The lowest BCUT2D eigenvalue weighted by Gasteiger charge is -2.23. The van der Waals surface area contributed by atoms with E-state index in [-0.39, 0.29) is 11.6 Å². The van der Waals surface area contributed by atoms with Gasteiger partial charge in [0.15, 0.2) is 11.5 Å². The number of nitrogens with one attached hydrogen (secondary N) is 1. The summed E-state index contributed by atoms with van der Waals surface area (Å²) in [5, 5.41) is 20.0. The van der Waals surface area contributed by atoms with Crippen molar-refractivity contribution >= 4 is 17.7 Å². The minimum atomic E-state index is -0.764. The zero-order valence-corrected chi connectivity index (χ0v) is 12.3. The van der Waals surface area contributed by atoms with Crippen LogP contribution in [0.3, 0.4) is 0 Å². The first kappa shape index (κ1) is 15.2. The highest BCUT2D eigenvalue weighted by molar-refractivity contribution is 5.92. The summed E-state index contributed by atoms with van der Waals surface area (Å²) in [5.41, 5.74) is -0.445. The average molecular weight is 292 g/mol. The molecule has 1 saturated heterocycles. The minimum Gasteiger partial charge on any atom is -0.481 e. The lowest BCUT2D eigenvalue weighted by atomic mass is 9.84. The topological polar surface area (TPSA) is 95.4 Å². The lowest BCUT2D eigenvalue weighted by Crippen LogP contribution is -2.34. The van der Waals surface area contributed by atoms with Gasteiger partial charge in [-0.05, 0) is 31.9 Å². The molecule has 114 valence electrons. The van der Waals surface area contributed by atoms with Crippen LogP contribution in [0.1, 0.15) is 37.2 Å². The Morgan fingerprint density at radius 3 is 2.62 bits per heavy atom. The normalized spacial score (nSPS) is 21.3. The molecule has 0 bridgehead atoms. The van der Waals surface area contributed by atoms with Crippen molar-refractivity contribution in [3.63, 3.8) is 0 Å². The summed E-state index contributed by atoms with van der Waals surface area (Å²) in [4.78, 5) is 25.0. The van der Waals surface area contributed by atoms with Gasteiger partial charge >= 0.3 is 5.97 Å². The van der Waals surface area contributed by atoms with Gasteiger partial charge in [0.2, 0.25) is 0 Å². The fourth-order valence-corrected chi connectivity index (χ4v) is 2.55. The number of aromatic nitrogens is 2. The third-order valence-electron chi connectivity index (χ3n) is 4.03. The number of carbonyl (C=O) groups is 2. The molecule has 1 fully saturated rings. The summed E-state index contributed by atoms with van der Waals surface area (Å²) in [6.07, 6.45) is 1.18. The molecule has 1 aliphatic heterocycles. The molecule has 7 nitrogen and oxygen atoms in total. The van der Waals surface area contributed by atoms with Gasteiger partial charge in [-0.1, -0.05) is 6.92 Å². The number of carbonyl (C=O) groups excluding carboxylic acids is 1. The Morgan fingerprint density at radius 2 is 2.14 bits per heavy atom. The van der Waals surface area contributed by atoms with Gasteiger partial charge in [0.05, 0.1) is 5.41 Å². The molecule has 1 amide bonds. The molecule has 0 aromatic carbocycles. The number of hydrogen-bond acceptors (Lipinski definition) is 5. The smallest absolute Gasteiger partial charge is 0.311 e. The number of nitrogens with zero attached hydrogens (tertiary/aromatic N) is 3. The van der Waals surface area contributed by atoms with Gasteiger partial charge in [0.1, 0.15) is 0 Å². The van der Waals surface area contributed by atoms with Crippen LogP contribution in [0.2, 0.25) is 0 Å². The van der Waals surface area contributed by atoms with Crippen molar-refractivity contribution in [2.45, 2.75) is 26.7 Å². The summed E-state index contributed by atoms with van der Waals surface area (Å²) in [6.45, 7) is 5.32. The third kappa shape index (κ3) is 2.96. The van der Waals surface area contributed by atoms with Crippen LogP contribution in [0.25, 0.3) is 0 Å². The fraction of sp³-hybridized carbons (Fsp3) is 0.571. The Bertz CT molecular complexity index is 532. The summed E-state index contributed by atoms with van der Waals surface area (Å²) in [5.74, 6) is -0.412. The second-order valence-electron chi connectivity index (χ2n) is 5.25. The van der Waals surface area contributed by atoms with E-state index in [4.69, 9.17) is 0 Å². The first-order valence-corrected chi connectivity index (χ1v) is 7.12. The molecular formula is C14H20N4O3. The Hall–Kier alpha value is -2.18. The maximum Gasteiger partial charge on any atom is 0.311 e. The second kappa shape index (κ2) is 6.07. The molecule has 1 unspecified atom stereocenters. The molecular weight excluding hydrogens is 272 g/mol. The number of rotatable bonds is 5. The Morgan fingerprint density at radius 1 is 1.38 bits per heavy atom. The van der Waals surface area contributed by atoms with Gasteiger partial charge in [0, 0.05) is 19.6 Å². The number of hydrogen-bond donors (Lipinski definition) is 2. The standard InChI is InChI=1S/C14H20N4O3/c1-3-14(13(20)21)7-8-18(9-14)11-6-5-10(16-17-11)12(19)15-4-2/h5-6H,3-4,7-9H2,1-2H3,(H,15,19)(H,20,21). The molecule has 1 aliphatic rings. The van der Waals surface area contributed by atoms with Crippen LogP contribution in [0, 0.1) is 5.41 Å². The Labute approximate surface area is 123 Å². The van der Waals surface area contributed by atoms with Crippen LogP contribution in [0.5, 0.6) is 0 Å². The zero-order valence-electron chi connectivity index (χ0n) is 12.3. The van der Waals surface area contributed by atoms with Gasteiger partial charge in [-0.2, -0.15) is 0 Å². The number of carboxylic acid groups (broad SMARTS) is 1. The summed E-state index contributed by atoms with van der Waals surface area (Å²) >= 11 is 0. The van der Waals surface area contributed by atoms with Crippen molar-refractivity contribution < 1.29 is 14.7 Å². The number of carboxylic acids is 1. The van der Waals surface area contributed by atoms with Crippen molar-refractivity contribution in [3.8, 4) is 0 Å². The molecule has 1 atom stereocenters. The van der Waals surface area contributed by atoms with Gasteiger partial charge in [-0.3, -0.25) is 9.59 Å². The largest absolute Gasteiger partial charge is 0.481 e. The SMILES string of the molecule is CCNC(=O)c1ccc(N2CCC(CC)(C(=O)O)C2)nn1. The van der Waals surface area contributed by atoms with E-state index in [2.05, 4.69) is 15.5 Å². The highest BCUT2D eigenvalue weighted by atomic mass is 16.4. The first-order chi connectivity index (χ1) is 10.0. The van der Waals surface area contributed by atoms with E-state index >= 15 is 0 Å². The molecule has 21 heavy (non-hydrogen) atoms. The van der Waals surface area contributed by atoms with Gasteiger partial charge in [-0.15, -0.1) is 10.2 Å². The monoisotopic (exact) mass is 292 g/mol. The fourth-order valence-electron chi connectivity index (χ4n) is 2.55. The van der Waals surface area contributed by atoms with E-state index in [1.54, 1.807) is 12.1 Å². The highest BCUT2D eigenvalue weighted by Gasteiger charge is 2.43. The molecule has 2 rings (SSSR count). The van der Waals surface area contributed by atoms with Crippen molar-refractivity contribution in [2.24, 2.45) is 5.41 Å². The summed E-state index contributed by atoms with van der Waals surface area (Å²) < 4.78 is 0. The third-order valence-corrected chi connectivity index (χ3v) is 4.03. The predicted octanol–water partition coefficient (Wildman–Crippen LogP) is 0.917. The highest BCUT2D eigenvalue weighted by Crippen LogP contribution is 2.35. The van der Waals surface area contributed by atoms with Gasteiger partial charge in [-0.25, -0.2) is 0 Å². The zero-order chi connectivity index (χ0) is 15.5. The van der Waals surface area contributed by atoms with Crippen molar-refractivity contribution in [3.05, 3.63) is 17.8 Å². The number of aliphatic carboxylic acids is 1. The predicted molar refractivity (Wildman–Crippen MR) is 77.2 cm³/mol. The first-order valence-electron chi connectivity index (χ1n) is 7.12. The van der Waals surface area contributed by atoms with Crippen LogP contribution in [-0.4, -0.2) is 46.8 Å². The Kier molecular flexibility index (Phi) is 4.40. The van der Waals surface area contributed by atoms with E-state index in [0.717, 1.165) is 0 Å². The van der Waals surface area contributed by atoms with Gasteiger partial charge < -0.3 is 15.3 Å². The molecule has 0 radical (unpaired) electrons. The van der Waals surface area contributed by atoms with E-state index in [1.807, 2.05) is 18.7 Å². The summed E-state index contributed by atoms with van der Waals surface area (Å²) in [6, 6.07) is 3.32. The molecule has 7 heteroatoms. The van der Waals surface area contributed by atoms with Crippen molar-refractivity contribution in [1.29, 1.82) is 0 Å². The second-order valence-corrected chi connectivity index (χ2v) is 5.25. The van der Waals surface area contributed by atoms with Crippen LogP contribution in [0.15, 0.2) is 12.1 Å². The van der Waals surface area contributed by atoms with E-state index in [1.165, 1.54) is 0 Å². The van der Waals surface area contributed by atoms with Crippen LogP contribution in [-0.2, 0) is 4.79 Å². The van der Waals surface area contributed by atoms with Crippen LogP contribution < -0.4 is 10.2 Å². The molecule has 1 aromatic rings. The van der Waals surface area contributed by atoms with Crippen LogP contribution in [0.4, 0.5) is 5.82 Å². The quantitative estimate of drug-likeness (QED) is 0.838. The maximum atomic E-state index is 11.6. The molecule has 0 aliphatic carbocycles. The molecule has 0 spiro atoms. The summed E-state index contributed by atoms with van der Waals surface area (Å²) in [7, 11) is 0. The average Bonchev–Trinajstić information content (AvgIpc) is 2.93. The maximum absolute atomic E-state index is 11.6. The van der Waals surface area contributed by atoms with Crippen LogP contribution >= 0.6 is 0 Å². The van der Waals surface area contributed by atoms with E-state index in [9.17, 15) is 14.7 Å². The molecule has 1 aromatic heterocycles. The van der Waals surface area contributed by atoms with Gasteiger partial charge in [0.25, 0.3) is 5.91 Å². The lowest BCUT2D eigenvalue weighted by molar-refractivity contribution is -0.147. The molecule has 2 N–H and O–H groups in total. The van der Waals surface area contributed by atoms with E-state index in [0.29, 0.717) is 38.3 Å². The molecule has 2 heterocycles. The number of anilines is 1. The van der Waals surface area contributed by atoms with Crippen molar-refractivity contribution in [1.82, 2.24) is 15.5 Å². The van der Waals surface area contributed by atoms with Crippen molar-refractivity contribution in [2.75, 3.05) is 24.5 Å². The molecule has 0 saturated carbocycles. The minimum absolute atomic E-state index is 0.258. The Balaban J connectivity index is 2.10. The number of amides is 1. The van der Waals surface area contributed by atoms with E-state index < -0.39 is 11.4 Å².